The molecule has 108 valence electrons. The van der Waals surface area contributed by atoms with Crippen molar-refractivity contribution in [2.45, 2.75) is 46.3 Å². The number of rotatable bonds is 2. The maximum absolute atomic E-state index is 12.4. The number of nitrogens with zero attached hydrogens (tertiary/aromatic N) is 2. The molecule has 0 aromatic heterocycles. The van der Waals surface area contributed by atoms with Gasteiger partial charge in [0.2, 0.25) is 11.8 Å². The molecule has 1 aromatic carbocycles. The maximum Gasteiger partial charge on any atom is 0.246 e. The van der Waals surface area contributed by atoms with E-state index in [0.29, 0.717) is 6.54 Å². The summed E-state index contributed by atoms with van der Waals surface area (Å²) in [5, 5.41) is 0. The Morgan fingerprint density at radius 2 is 1.50 bits per heavy atom. The van der Waals surface area contributed by atoms with E-state index in [2.05, 4.69) is 18.2 Å². The van der Waals surface area contributed by atoms with E-state index in [1.165, 1.54) is 16.0 Å². The quantitative estimate of drug-likeness (QED) is 0.826. The molecule has 20 heavy (non-hydrogen) atoms. The van der Waals surface area contributed by atoms with Crippen LogP contribution in [-0.4, -0.2) is 40.7 Å². The fourth-order valence-electron chi connectivity index (χ4n) is 2.79. The highest BCUT2D eigenvalue weighted by Gasteiger charge is 2.39. The Morgan fingerprint density at radius 1 is 0.950 bits per heavy atom. The average Bonchev–Trinajstić information content (AvgIpc) is 2.38. The van der Waals surface area contributed by atoms with Crippen LogP contribution in [0.15, 0.2) is 18.2 Å². The summed E-state index contributed by atoms with van der Waals surface area (Å²) in [6.07, 6.45) is 0. The second-order valence-electron chi connectivity index (χ2n) is 5.76. The minimum atomic E-state index is -0.399. The summed E-state index contributed by atoms with van der Waals surface area (Å²) in [5.74, 6) is 0.0141. The number of carbonyl (C=O) groups is 2. The van der Waals surface area contributed by atoms with Gasteiger partial charge >= 0.3 is 0 Å². The van der Waals surface area contributed by atoms with Gasteiger partial charge in [-0.05, 0) is 33.3 Å². The van der Waals surface area contributed by atoms with Gasteiger partial charge in [0.15, 0.2) is 0 Å². The Morgan fingerprint density at radius 3 is 2.05 bits per heavy atom. The first-order chi connectivity index (χ1) is 9.31. The first-order valence-electron chi connectivity index (χ1n) is 6.95. The number of hydrogen-bond acceptors (Lipinski definition) is 2. The highest BCUT2D eigenvalue weighted by atomic mass is 16.2. The number of piperazine rings is 1. The van der Waals surface area contributed by atoms with E-state index < -0.39 is 6.04 Å². The molecule has 1 fully saturated rings. The molecule has 0 spiro atoms. The molecule has 0 saturated carbocycles. The number of aryl methyl sites for hydroxylation is 2. The van der Waals surface area contributed by atoms with Crippen molar-refractivity contribution >= 4 is 11.8 Å². The summed E-state index contributed by atoms with van der Waals surface area (Å²) in [6, 6.07) is 5.46. The van der Waals surface area contributed by atoms with Gasteiger partial charge in [0.1, 0.15) is 12.1 Å². The molecule has 1 aromatic rings. The lowest BCUT2D eigenvalue weighted by Crippen LogP contribution is -2.61. The van der Waals surface area contributed by atoms with E-state index in [-0.39, 0.29) is 17.9 Å². The van der Waals surface area contributed by atoms with Gasteiger partial charge in [0.25, 0.3) is 0 Å². The lowest BCUT2D eigenvalue weighted by Gasteiger charge is -2.41. The number of benzene rings is 1. The third-order valence-electron chi connectivity index (χ3n) is 4.03. The number of amides is 2. The van der Waals surface area contributed by atoms with E-state index in [1.807, 2.05) is 13.8 Å². The van der Waals surface area contributed by atoms with Crippen LogP contribution >= 0.6 is 0 Å². The molecule has 4 nitrogen and oxygen atoms in total. The predicted octanol–water partition coefficient (Wildman–Crippen LogP) is 1.88. The van der Waals surface area contributed by atoms with Crippen LogP contribution in [0.5, 0.6) is 0 Å². The second-order valence-corrected chi connectivity index (χ2v) is 5.76. The fourth-order valence-corrected chi connectivity index (χ4v) is 2.79. The summed E-state index contributed by atoms with van der Waals surface area (Å²) in [6.45, 7) is 8.15. The highest BCUT2D eigenvalue weighted by Crippen LogP contribution is 2.20. The molecule has 0 N–H and O–H groups in total. The molecule has 1 heterocycles. The molecule has 2 amide bonds. The van der Waals surface area contributed by atoms with Gasteiger partial charge < -0.3 is 9.80 Å². The Hall–Kier alpha value is -1.84. The highest BCUT2D eigenvalue weighted by molar-refractivity contribution is 5.96. The number of carbonyl (C=O) groups excluding carboxylic acids is 2. The first-order valence-corrected chi connectivity index (χ1v) is 6.95. The van der Waals surface area contributed by atoms with Crippen LogP contribution in [-0.2, 0) is 16.1 Å². The van der Waals surface area contributed by atoms with Gasteiger partial charge in [0.05, 0.1) is 0 Å². The molecule has 1 aliphatic rings. The molecule has 1 aliphatic heterocycles. The topological polar surface area (TPSA) is 40.6 Å². The first kappa shape index (κ1) is 14.6. The molecule has 0 bridgehead atoms. The average molecular weight is 274 g/mol. The molecule has 1 saturated heterocycles. The molecule has 2 rings (SSSR count). The van der Waals surface area contributed by atoms with Crippen LogP contribution in [0.3, 0.4) is 0 Å². The van der Waals surface area contributed by atoms with Crippen LogP contribution < -0.4 is 0 Å². The molecular weight excluding hydrogens is 252 g/mol. The second kappa shape index (κ2) is 5.27. The molecule has 2 atom stereocenters. The van der Waals surface area contributed by atoms with Gasteiger partial charge in [-0.1, -0.05) is 29.3 Å². The van der Waals surface area contributed by atoms with Crippen LogP contribution in [0.4, 0.5) is 0 Å². The molecule has 0 aliphatic carbocycles. The van der Waals surface area contributed by atoms with Gasteiger partial charge in [0, 0.05) is 13.6 Å². The van der Waals surface area contributed by atoms with Crippen LogP contribution in [0.2, 0.25) is 0 Å². The Kier molecular flexibility index (Phi) is 3.84. The lowest BCUT2D eigenvalue weighted by atomic mass is 10.0. The predicted molar refractivity (Wildman–Crippen MR) is 78.2 cm³/mol. The van der Waals surface area contributed by atoms with Crippen LogP contribution in [0.25, 0.3) is 0 Å². The van der Waals surface area contributed by atoms with Gasteiger partial charge in [-0.3, -0.25) is 9.59 Å². The van der Waals surface area contributed by atoms with Crippen molar-refractivity contribution in [3.63, 3.8) is 0 Å². The van der Waals surface area contributed by atoms with Gasteiger partial charge in [-0.25, -0.2) is 0 Å². The summed E-state index contributed by atoms with van der Waals surface area (Å²) < 4.78 is 0. The minimum Gasteiger partial charge on any atom is -0.332 e. The number of likely N-dealkylation sites (N-methyl/N-ethyl adjacent to an activating group) is 1. The van der Waals surface area contributed by atoms with E-state index in [9.17, 15) is 9.59 Å². The zero-order chi connectivity index (χ0) is 15.0. The zero-order valence-electron chi connectivity index (χ0n) is 12.8. The van der Waals surface area contributed by atoms with Crippen molar-refractivity contribution in [1.82, 2.24) is 9.80 Å². The largest absolute Gasteiger partial charge is 0.332 e. The Balaban J connectivity index is 2.27. The molecule has 0 radical (unpaired) electrons. The number of hydrogen-bond donors (Lipinski definition) is 0. The monoisotopic (exact) mass is 274 g/mol. The SMILES string of the molecule is Cc1cc(C)cc(CN2C(=O)[C@H](C)N(C)C(=O)[C@@H]2C)c1. The van der Waals surface area contributed by atoms with Crippen LogP contribution in [0.1, 0.15) is 30.5 Å². The van der Waals surface area contributed by atoms with Gasteiger partial charge in [-0.15, -0.1) is 0 Å². The maximum atomic E-state index is 12.4. The molecule has 4 heteroatoms. The van der Waals surface area contributed by atoms with Crippen molar-refractivity contribution in [1.29, 1.82) is 0 Å². The third kappa shape index (κ3) is 2.55. The normalized spacial score (nSPS) is 23.4. The van der Waals surface area contributed by atoms with Crippen LogP contribution in [0, 0.1) is 13.8 Å². The molecular formula is C16H22N2O2. The van der Waals surface area contributed by atoms with E-state index in [0.717, 1.165) is 5.56 Å². The molecule has 0 unspecified atom stereocenters. The fraction of sp³-hybridized carbons (Fsp3) is 0.500. The van der Waals surface area contributed by atoms with E-state index in [4.69, 9.17) is 0 Å². The smallest absolute Gasteiger partial charge is 0.246 e. The van der Waals surface area contributed by atoms with Crippen molar-refractivity contribution in [3.8, 4) is 0 Å². The van der Waals surface area contributed by atoms with Crippen molar-refractivity contribution in [2.24, 2.45) is 0 Å². The van der Waals surface area contributed by atoms with Crippen molar-refractivity contribution in [2.75, 3.05) is 7.05 Å². The Labute approximate surface area is 120 Å². The zero-order valence-corrected chi connectivity index (χ0v) is 12.8. The van der Waals surface area contributed by atoms with Crippen molar-refractivity contribution in [3.05, 3.63) is 34.9 Å². The summed E-state index contributed by atoms with van der Waals surface area (Å²) in [4.78, 5) is 27.8. The van der Waals surface area contributed by atoms with E-state index >= 15 is 0 Å². The lowest BCUT2D eigenvalue weighted by molar-refractivity contribution is -0.159. The summed E-state index contributed by atoms with van der Waals surface area (Å²) >= 11 is 0. The third-order valence-corrected chi connectivity index (χ3v) is 4.03. The Bertz CT molecular complexity index is 533. The minimum absolute atomic E-state index is 0.00137. The van der Waals surface area contributed by atoms with Gasteiger partial charge in [-0.2, -0.15) is 0 Å². The summed E-state index contributed by atoms with van der Waals surface area (Å²) in [5.41, 5.74) is 3.43. The summed E-state index contributed by atoms with van der Waals surface area (Å²) in [7, 11) is 1.69. The van der Waals surface area contributed by atoms with Crippen molar-refractivity contribution < 1.29 is 9.59 Å². The standard InChI is InChI=1S/C16H22N2O2/c1-10-6-11(2)8-14(7-10)9-18-13(4)15(19)17(5)12(3)16(18)20/h6-8,12-13H,9H2,1-5H3/t12-,13-/m0/s1. The van der Waals surface area contributed by atoms with E-state index in [1.54, 1.807) is 25.8 Å².